The van der Waals surface area contributed by atoms with Crippen molar-refractivity contribution in [1.29, 1.82) is 0 Å². The number of carbonyl (C=O) groups is 1. The number of hydrogen-bond donors (Lipinski definition) is 0. The lowest BCUT2D eigenvalue weighted by Gasteiger charge is -2.17. The second kappa shape index (κ2) is 6.09. The quantitative estimate of drug-likeness (QED) is 0.784. The lowest BCUT2D eigenvalue weighted by molar-refractivity contribution is -0.131. The van der Waals surface area contributed by atoms with Crippen LogP contribution in [0.4, 0.5) is 0 Å². The molecule has 0 saturated heterocycles. The Kier molecular flexibility index (Phi) is 4.64. The van der Waals surface area contributed by atoms with Crippen molar-refractivity contribution < 1.29 is 4.79 Å². The van der Waals surface area contributed by atoms with Crippen LogP contribution in [0, 0.1) is 6.92 Å². The Balaban J connectivity index is 2.02. The van der Waals surface area contributed by atoms with E-state index in [1.807, 2.05) is 14.0 Å². The first-order valence-electron chi connectivity index (χ1n) is 5.98. The van der Waals surface area contributed by atoms with Gasteiger partial charge in [-0.05, 0) is 38.8 Å². The zero-order chi connectivity index (χ0) is 14.9. The molecule has 8 heteroatoms. The highest BCUT2D eigenvalue weighted by Crippen LogP contribution is 2.17. The van der Waals surface area contributed by atoms with Gasteiger partial charge in [-0.1, -0.05) is 0 Å². The second-order valence-electron chi connectivity index (χ2n) is 4.57. The van der Waals surface area contributed by atoms with Crippen LogP contribution in [0.1, 0.15) is 11.4 Å². The molecule has 2 aromatic heterocycles. The number of likely N-dealkylation sites (N-methyl/N-ethyl adjacent to an activating group) is 1. The SMILES string of the molecule is Cc1nn(CC(=O)N(C)Cc2c(Br)cnn2C)cc1Br. The summed E-state index contributed by atoms with van der Waals surface area (Å²) in [6.45, 7) is 2.61. The van der Waals surface area contributed by atoms with Gasteiger partial charge in [0.25, 0.3) is 0 Å². The van der Waals surface area contributed by atoms with Crippen LogP contribution in [0.15, 0.2) is 21.3 Å². The first-order valence-corrected chi connectivity index (χ1v) is 7.57. The van der Waals surface area contributed by atoms with Gasteiger partial charge >= 0.3 is 0 Å². The van der Waals surface area contributed by atoms with Gasteiger partial charge in [-0.15, -0.1) is 0 Å². The number of halogens is 2. The molecule has 0 unspecified atom stereocenters. The molecule has 0 bridgehead atoms. The predicted molar refractivity (Wildman–Crippen MR) is 82.0 cm³/mol. The number of nitrogens with zero attached hydrogens (tertiary/aromatic N) is 5. The summed E-state index contributed by atoms with van der Waals surface area (Å²) in [4.78, 5) is 13.8. The van der Waals surface area contributed by atoms with Gasteiger partial charge in [0.2, 0.25) is 5.91 Å². The third-order valence-corrected chi connectivity index (χ3v) is 4.45. The van der Waals surface area contributed by atoms with Gasteiger partial charge in [-0.3, -0.25) is 14.2 Å². The molecule has 0 spiro atoms. The van der Waals surface area contributed by atoms with Crippen molar-refractivity contribution in [2.75, 3.05) is 7.05 Å². The van der Waals surface area contributed by atoms with Crippen molar-refractivity contribution in [3.63, 3.8) is 0 Å². The summed E-state index contributed by atoms with van der Waals surface area (Å²) in [5.74, 6) is -0.00639. The zero-order valence-corrected chi connectivity index (χ0v) is 14.6. The van der Waals surface area contributed by atoms with Crippen molar-refractivity contribution in [2.24, 2.45) is 7.05 Å². The molecule has 0 radical (unpaired) electrons. The van der Waals surface area contributed by atoms with E-state index in [1.165, 1.54) is 0 Å². The largest absolute Gasteiger partial charge is 0.338 e. The van der Waals surface area contributed by atoms with Crippen LogP contribution < -0.4 is 0 Å². The van der Waals surface area contributed by atoms with Gasteiger partial charge in [0.05, 0.1) is 33.1 Å². The van der Waals surface area contributed by atoms with Gasteiger partial charge < -0.3 is 4.90 Å². The molecule has 0 aliphatic heterocycles. The molecule has 0 atom stereocenters. The molecule has 2 aromatic rings. The molecular weight excluding hydrogens is 390 g/mol. The first-order chi connectivity index (χ1) is 9.38. The molecule has 0 aliphatic rings. The number of rotatable bonds is 4. The third kappa shape index (κ3) is 3.29. The average molecular weight is 405 g/mol. The zero-order valence-electron chi connectivity index (χ0n) is 11.5. The molecule has 1 amide bonds. The fraction of sp³-hybridized carbons (Fsp3) is 0.417. The molecule has 0 aromatic carbocycles. The molecular formula is C12H15Br2N5O. The maximum Gasteiger partial charge on any atom is 0.244 e. The highest BCUT2D eigenvalue weighted by Gasteiger charge is 2.15. The monoisotopic (exact) mass is 403 g/mol. The summed E-state index contributed by atoms with van der Waals surface area (Å²) in [7, 11) is 3.62. The Morgan fingerprint density at radius 3 is 2.60 bits per heavy atom. The van der Waals surface area contributed by atoms with Crippen molar-refractivity contribution in [2.45, 2.75) is 20.0 Å². The van der Waals surface area contributed by atoms with Crippen molar-refractivity contribution >= 4 is 37.8 Å². The van der Waals surface area contributed by atoms with Crippen LogP contribution in [-0.4, -0.2) is 37.4 Å². The van der Waals surface area contributed by atoms with Crippen molar-refractivity contribution in [1.82, 2.24) is 24.5 Å². The Morgan fingerprint density at radius 1 is 1.40 bits per heavy atom. The van der Waals surface area contributed by atoms with E-state index in [9.17, 15) is 4.79 Å². The standard InChI is InChI=1S/C12H15Br2N5O/c1-8-10(14)5-19(16-8)7-12(20)17(2)6-11-9(13)4-15-18(11)3/h4-5H,6-7H2,1-3H3. The van der Waals surface area contributed by atoms with E-state index in [1.54, 1.807) is 33.7 Å². The Bertz CT molecular complexity index is 595. The molecule has 2 heterocycles. The van der Waals surface area contributed by atoms with Crippen LogP contribution in [0.3, 0.4) is 0 Å². The van der Waals surface area contributed by atoms with Crippen LogP contribution >= 0.6 is 31.9 Å². The summed E-state index contributed by atoms with van der Waals surface area (Å²) in [6.07, 6.45) is 3.53. The maximum absolute atomic E-state index is 12.2. The molecule has 20 heavy (non-hydrogen) atoms. The van der Waals surface area contributed by atoms with Crippen LogP contribution in [0.25, 0.3) is 0 Å². The van der Waals surface area contributed by atoms with Crippen molar-refractivity contribution in [3.8, 4) is 0 Å². The number of amides is 1. The van der Waals surface area contributed by atoms with Crippen LogP contribution in [-0.2, 0) is 24.9 Å². The first kappa shape index (κ1) is 15.2. The van der Waals surface area contributed by atoms with Gasteiger partial charge in [-0.25, -0.2) is 0 Å². The van der Waals surface area contributed by atoms with E-state index in [-0.39, 0.29) is 12.5 Å². The molecule has 0 N–H and O–H groups in total. The van der Waals surface area contributed by atoms with Crippen LogP contribution in [0.2, 0.25) is 0 Å². The van der Waals surface area contributed by atoms with E-state index in [4.69, 9.17) is 0 Å². The summed E-state index contributed by atoms with van der Waals surface area (Å²) >= 11 is 6.81. The average Bonchev–Trinajstić information content (AvgIpc) is 2.86. The van der Waals surface area contributed by atoms with E-state index in [0.717, 1.165) is 20.3 Å². The summed E-state index contributed by atoms with van der Waals surface area (Å²) in [5, 5.41) is 8.40. The molecule has 108 valence electrons. The number of aromatic nitrogens is 4. The Hall–Kier alpha value is -1.15. The predicted octanol–water partition coefficient (Wildman–Crippen LogP) is 2.11. The maximum atomic E-state index is 12.2. The summed E-state index contributed by atoms with van der Waals surface area (Å²) in [5.41, 5.74) is 1.83. The van der Waals surface area contributed by atoms with Crippen LogP contribution in [0.5, 0.6) is 0 Å². The van der Waals surface area contributed by atoms with Gasteiger partial charge in [0, 0.05) is 20.3 Å². The number of carbonyl (C=O) groups excluding carboxylic acids is 1. The number of aryl methyl sites for hydroxylation is 2. The van der Waals surface area contributed by atoms with Gasteiger partial charge in [0.1, 0.15) is 6.54 Å². The normalized spacial score (nSPS) is 10.8. The highest BCUT2D eigenvalue weighted by molar-refractivity contribution is 9.10. The Labute approximate surface area is 134 Å². The molecule has 0 aliphatic carbocycles. The van der Waals surface area contributed by atoms with E-state index in [2.05, 4.69) is 42.1 Å². The van der Waals surface area contributed by atoms with E-state index < -0.39 is 0 Å². The minimum atomic E-state index is -0.00639. The van der Waals surface area contributed by atoms with Gasteiger partial charge in [-0.2, -0.15) is 10.2 Å². The lowest BCUT2D eigenvalue weighted by Crippen LogP contribution is -2.30. The fourth-order valence-electron chi connectivity index (χ4n) is 1.76. The third-order valence-electron chi connectivity index (χ3n) is 3.01. The van der Waals surface area contributed by atoms with E-state index in [0.29, 0.717) is 6.54 Å². The summed E-state index contributed by atoms with van der Waals surface area (Å²) < 4.78 is 5.19. The molecule has 6 nitrogen and oxygen atoms in total. The lowest BCUT2D eigenvalue weighted by atomic mass is 10.4. The topological polar surface area (TPSA) is 56.0 Å². The molecule has 0 fully saturated rings. The smallest absolute Gasteiger partial charge is 0.244 e. The minimum Gasteiger partial charge on any atom is -0.338 e. The number of hydrogen-bond acceptors (Lipinski definition) is 3. The molecule has 0 saturated carbocycles. The van der Waals surface area contributed by atoms with Crippen molar-refractivity contribution in [3.05, 3.63) is 32.7 Å². The second-order valence-corrected chi connectivity index (χ2v) is 6.28. The fourth-order valence-corrected chi connectivity index (χ4v) is 2.55. The summed E-state index contributed by atoms with van der Waals surface area (Å²) in [6, 6.07) is 0. The highest BCUT2D eigenvalue weighted by atomic mass is 79.9. The Morgan fingerprint density at radius 2 is 2.10 bits per heavy atom. The minimum absolute atomic E-state index is 0.00639. The van der Waals surface area contributed by atoms with Gasteiger partial charge in [0.15, 0.2) is 0 Å². The van der Waals surface area contributed by atoms with E-state index >= 15 is 0 Å². The molecule has 2 rings (SSSR count).